The molecule has 0 aromatic carbocycles. The first-order valence-corrected chi connectivity index (χ1v) is 5.77. The third kappa shape index (κ3) is 2.97. The Labute approximate surface area is 105 Å². The zero-order valence-electron chi connectivity index (χ0n) is 10.4. The molecule has 0 spiro atoms. The van der Waals surface area contributed by atoms with Crippen molar-refractivity contribution in [2.45, 2.75) is 32.2 Å². The Balaban J connectivity index is 2.09. The standard InChI is InChI=1S/C12H16N4O2/c1-12(2,6-3-11(17)18)15-9-5-8-16-10(14-9)4-7-13-16/h4-5,7-8H,3,6H2,1-2H3,(H,14,15)(H,17,18). The lowest BCUT2D eigenvalue weighted by molar-refractivity contribution is -0.137. The Morgan fingerprint density at radius 1 is 1.50 bits per heavy atom. The summed E-state index contributed by atoms with van der Waals surface area (Å²) in [7, 11) is 0. The molecule has 2 N–H and O–H groups in total. The van der Waals surface area contributed by atoms with Crippen molar-refractivity contribution in [3.8, 4) is 0 Å². The lowest BCUT2D eigenvalue weighted by Crippen LogP contribution is -2.32. The molecule has 6 nitrogen and oxygen atoms in total. The predicted molar refractivity (Wildman–Crippen MR) is 67.6 cm³/mol. The third-order valence-electron chi connectivity index (χ3n) is 2.69. The highest BCUT2D eigenvalue weighted by Crippen LogP contribution is 2.18. The smallest absolute Gasteiger partial charge is 0.303 e. The molecule has 0 radical (unpaired) electrons. The third-order valence-corrected chi connectivity index (χ3v) is 2.69. The molecular formula is C12H16N4O2. The minimum Gasteiger partial charge on any atom is -0.481 e. The summed E-state index contributed by atoms with van der Waals surface area (Å²) in [6.45, 7) is 3.91. The number of nitrogens with one attached hydrogen (secondary N) is 1. The van der Waals surface area contributed by atoms with Crippen molar-refractivity contribution in [2.75, 3.05) is 5.32 Å². The normalized spacial score (nSPS) is 11.7. The molecule has 6 heteroatoms. The van der Waals surface area contributed by atoms with Crippen molar-refractivity contribution >= 4 is 17.4 Å². The first-order chi connectivity index (χ1) is 8.46. The van der Waals surface area contributed by atoms with Gasteiger partial charge in [0.25, 0.3) is 0 Å². The molecule has 96 valence electrons. The molecule has 0 amide bonds. The Morgan fingerprint density at radius 2 is 2.28 bits per heavy atom. The number of fused-ring (bicyclic) bond motifs is 1. The fraction of sp³-hybridized carbons (Fsp3) is 0.417. The number of nitrogens with zero attached hydrogens (tertiary/aromatic N) is 3. The maximum absolute atomic E-state index is 10.6. The van der Waals surface area contributed by atoms with Crippen LogP contribution >= 0.6 is 0 Å². The van der Waals surface area contributed by atoms with E-state index in [2.05, 4.69) is 15.4 Å². The number of aliphatic carboxylic acids is 1. The lowest BCUT2D eigenvalue weighted by atomic mass is 9.98. The van der Waals surface area contributed by atoms with Crippen molar-refractivity contribution in [2.24, 2.45) is 0 Å². The highest BCUT2D eigenvalue weighted by molar-refractivity contribution is 5.66. The van der Waals surface area contributed by atoms with E-state index in [1.54, 1.807) is 10.7 Å². The topological polar surface area (TPSA) is 79.5 Å². The SMILES string of the molecule is CC(C)(CCC(=O)O)Nc1ccn2nccc2n1. The Morgan fingerprint density at radius 3 is 3.00 bits per heavy atom. The molecule has 2 aromatic rings. The van der Waals surface area contributed by atoms with E-state index in [0.29, 0.717) is 6.42 Å². The van der Waals surface area contributed by atoms with E-state index < -0.39 is 5.97 Å². The van der Waals surface area contributed by atoms with E-state index in [0.717, 1.165) is 11.5 Å². The summed E-state index contributed by atoms with van der Waals surface area (Å²) in [5.74, 6) is -0.0672. The summed E-state index contributed by atoms with van der Waals surface area (Å²) in [6, 6.07) is 3.64. The van der Waals surface area contributed by atoms with Gasteiger partial charge in [0, 0.05) is 24.2 Å². The molecule has 0 aliphatic rings. The van der Waals surface area contributed by atoms with Crippen molar-refractivity contribution in [3.63, 3.8) is 0 Å². The van der Waals surface area contributed by atoms with Gasteiger partial charge in [-0.05, 0) is 26.3 Å². The van der Waals surface area contributed by atoms with Crippen LogP contribution in [0.3, 0.4) is 0 Å². The second-order valence-electron chi connectivity index (χ2n) is 4.85. The lowest BCUT2D eigenvalue weighted by Gasteiger charge is -2.26. The molecule has 0 bridgehead atoms. The van der Waals surface area contributed by atoms with Crippen LogP contribution in [0, 0.1) is 0 Å². The van der Waals surface area contributed by atoms with Gasteiger partial charge in [0.2, 0.25) is 0 Å². The average molecular weight is 248 g/mol. The Kier molecular flexibility index (Phi) is 3.18. The van der Waals surface area contributed by atoms with Gasteiger partial charge in [0.15, 0.2) is 5.65 Å². The minimum atomic E-state index is -0.788. The van der Waals surface area contributed by atoms with Crippen LogP contribution in [0.15, 0.2) is 24.5 Å². The van der Waals surface area contributed by atoms with Gasteiger partial charge in [-0.3, -0.25) is 4.79 Å². The molecule has 0 unspecified atom stereocenters. The van der Waals surface area contributed by atoms with Crippen molar-refractivity contribution in [3.05, 3.63) is 24.5 Å². The predicted octanol–water partition coefficient (Wildman–Crippen LogP) is 1.78. The zero-order chi connectivity index (χ0) is 13.2. The first-order valence-electron chi connectivity index (χ1n) is 5.77. The van der Waals surface area contributed by atoms with E-state index >= 15 is 0 Å². The van der Waals surface area contributed by atoms with Crippen LogP contribution in [0.25, 0.3) is 5.65 Å². The van der Waals surface area contributed by atoms with Crippen LogP contribution in [-0.4, -0.2) is 31.2 Å². The minimum absolute atomic E-state index is 0.134. The summed E-state index contributed by atoms with van der Waals surface area (Å²) in [5.41, 5.74) is 0.443. The van der Waals surface area contributed by atoms with Gasteiger partial charge >= 0.3 is 5.97 Å². The van der Waals surface area contributed by atoms with Crippen LogP contribution in [0.4, 0.5) is 5.82 Å². The molecular weight excluding hydrogens is 232 g/mol. The van der Waals surface area contributed by atoms with Crippen molar-refractivity contribution < 1.29 is 9.90 Å². The summed E-state index contributed by atoms with van der Waals surface area (Å²) in [6.07, 6.45) is 4.17. The van der Waals surface area contributed by atoms with Gasteiger partial charge in [-0.2, -0.15) is 5.10 Å². The summed E-state index contributed by atoms with van der Waals surface area (Å²) >= 11 is 0. The Hall–Kier alpha value is -2.11. The monoisotopic (exact) mass is 248 g/mol. The Bertz CT molecular complexity index is 562. The van der Waals surface area contributed by atoms with Crippen LogP contribution < -0.4 is 5.32 Å². The maximum atomic E-state index is 10.6. The maximum Gasteiger partial charge on any atom is 0.303 e. The fourth-order valence-corrected chi connectivity index (χ4v) is 1.71. The summed E-state index contributed by atoms with van der Waals surface area (Å²) in [5, 5.41) is 16.0. The number of hydrogen-bond donors (Lipinski definition) is 2. The number of aromatic nitrogens is 3. The van der Waals surface area contributed by atoms with E-state index in [4.69, 9.17) is 5.11 Å². The molecule has 0 aliphatic carbocycles. The van der Waals surface area contributed by atoms with Gasteiger partial charge in [-0.15, -0.1) is 0 Å². The fourth-order valence-electron chi connectivity index (χ4n) is 1.71. The van der Waals surface area contributed by atoms with Crippen LogP contribution in [0.1, 0.15) is 26.7 Å². The van der Waals surface area contributed by atoms with Gasteiger partial charge in [0.1, 0.15) is 5.82 Å². The molecule has 18 heavy (non-hydrogen) atoms. The van der Waals surface area contributed by atoms with E-state index in [1.807, 2.05) is 32.2 Å². The largest absolute Gasteiger partial charge is 0.481 e. The number of hydrogen-bond acceptors (Lipinski definition) is 4. The highest BCUT2D eigenvalue weighted by Gasteiger charge is 2.19. The second kappa shape index (κ2) is 4.64. The first kappa shape index (κ1) is 12.3. The average Bonchev–Trinajstić information content (AvgIpc) is 2.73. The van der Waals surface area contributed by atoms with E-state index in [1.165, 1.54) is 0 Å². The number of anilines is 1. The number of carboxylic acid groups (broad SMARTS) is 1. The molecule has 0 aliphatic heterocycles. The van der Waals surface area contributed by atoms with Crippen LogP contribution in [0.2, 0.25) is 0 Å². The quantitative estimate of drug-likeness (QED) is 0.843. The molecule has 2 rings (SSSR count). The summed E-state index contributed by atoms with van der Waals surface area (Å²) in [4.78, 5) is 15.0. The van der Waals surface area contributed by atoms with E-state index in [-0.39, 0.29) is 12.0 Å². The number of rotatable bonds is 5. The van der Waals surface area contributed by atoms with Crippen molar-refractivity contribution in [1.82, 2.24) is 14.6 Å². The molecule has 0 fully saturated rings. The van der Waals surface area contributed by atoms with Gasteiger partial charge < -0.3 is 10.4 Å². The molecule has 2 heterocycles. The number of carboxylic acids is 1. The van der Waals surface area contributed by atoms with Gasteiger partial charge in [0.05, 0.1) is 6.20 Å². The van der Waals surface area contributed by atoms with Gasteiger partial charge in [-0.25, -0.2) is 9.50 Å². The second-order valence-corrected chi connectivity index (χ2v) is 4.85. The number of carbonyl (C=O) groups is 1. The molecule has 2 aromatic heterocycles. The van der Waals surface area contributed by atoms with Crippen LogP contribution in [-0.2, 0) is 4.79 Å². The van der Waals surface area contributed by atoms with E-state index in [9.17, 15) is 4.79 Å². The van der Waals surface area contributed by atoms with Crippen molar-refractivity contribution in [1.29, 1.82) is 0 Å². The van der Waals surface area contributed by atoms with Gasteiger partial charge in [-0.1, -0.05) is 0 Å². The molecule has 0 saturated heterocycles. The zero-order valence-corrected chi connectivity index (χ0v) is 10.4. The highest BCUT2D eigenvalue weighted by atomic mass is 16.4. The molecule has 0 saturated carbocycles. The molecule has 0 atom stereocenters. The van der Waals surface area contributed by atoms with Crippen LogP contribution in [0.5, 0.6) is 0 Å². The summed E-state index contributed by atoms with van der Waals surface area (Å²) < 4.78 is 1.68.